The van der Waals surface area contributed by atoms with E-state index in [0.29, 0.717) is 5.92 Å². The Morgan fingerprint density at radius 1 is 1.12 bits per heavy atom. The van der Waals surface area contributed by atoms with Crippen LogP contribution in [0.15, 0.2) is 54.7 Å². The van der Waals surface area contributed by atoms with Crippen molar-refractivity contribution in [3.63, 3.8) is 0 Å². The maximum atomic E-state index is 12.7. The molecule has 0 bridgehead atoms. The van der Waals surface area contributed by atoms with Crippen molar-refractivity contribution in [3.8, 4) is 0 Å². The largest absolute Gasteiger partial charge is 0.378 e. The summed E-state index contributed by atoms with van der Waals surface area (Å²) in [6, 6.07) is 13.9. The minimum Gasteiger partial charge on any atom is -0.378 e. The van der Waals surface area contributed by atoms with Crippen LogP contribution < -0.4 is 10.6 Å². The van der Waals surface area contributed by atoms with E-state index in [1.165, 1.54) is 5.39 Å². The molecule has 2 rings (SSSR count). The molecule has 2 aromatic rings. The highest BCUT2D eigenvalue weighted by Gasteiger charge is 2.20. The van der Waals surface area contributed by atoms with Crippen molar-refractivity contribution in [3.05, 3.63) is 54.7 Å². The molecule has 2 aromatic carbocycles. The van der Waals surface area contributed by atoms with E-state index in [-0.39, 0.29) is 13.4 Å². The van der Waals surface area contributed by atoms with Gasteiger partial charge in [0.15, 0.2) is 0 Å². The Kier molecular flexibility index (Phi) is 9.50. The predicted molar refractivity (Wildman–Crippen MR) is 116 cm³/mol. The molecule has 0 radical (unpaired) electrons. The fourth-order valence-corrected chi connectivity index (χ4v) is 2.82. The zero-order valence-electron chi connectivity index (χ0n) is 16.9. The predicted octanol–water partition coefficient (Wildman–Crippen LogP) is 6.37. The van der Waals surface area contributed by atoms with Gasteiger partial charge in [0.05, 0.1) is 0 Å². The molecule has 0 saturated carbocycles. The van der Waals surface area contributed by atoms with E-state index in [4.69, 9.17) is 0 Å². The van der Waals surface area contributed by atoms with Gasteiger partial charge in [0.2, 0.25) is 5.91 Å². The summed E-state index contributed by atoms with van der Waals surface area (Å²) in [5, 5.41) is 8.64. The molecule has 0 heterocycles. The Bertz CT molecular complexity index is 712. The third-order valence-corrected chi connectivity index (χ3v) is 3.97. The van der Waals surface area contributed by atoms with Gasteiger partial charge in [0, 0.05) is 12.8 Å². The Morgan fingerprint density at radius 2 is 1.77 bits per heavy atom. The number of allylic oxidation sites excluding steroid dienone is 1. The molecule has 26 heavy (non-hydrogen) atoms. The van der Waals surface area contributed by atoms with Crippen molar-refractivity contribution in [2.45, 2.75) is 59.9 Å². The number of hydrogen-bond acceptors (Lipinski definition) is 2. The van der Waals surface area contributed by atoms with Crippen molar-refractivity contribution >= 4 is 22.4 Å². The summed E-state index contributed by atoms with van der Waals surface area (Å²) in [7, 11) is 0. The minimum atomic E-state index is -0.254. The standard InChI is InChI=1S/C21H28N2O.C2H6.H2/c1-5-8-16(4)22-20(13-15(2)3)21(24)23-19-12-11-17-9-6-7-10-18(17)14-19;1-2;/h6-7,9-12,14-15,20,22H,4-5,8,13H2,1-3H3,(H,23,24);1-2H3;1H/t20-;;/m0../s1. The van der Waals surface area contributed by atoms with Crippen molar-refractivity contribution in [2.24, 2.45) is 5.92 Å². The van der Waals surface area contributed by atoms with Crippen LogP contribution in [-0.4, -0.2) is 11.9 Å². The van der Waals surface area contributed by atoms with Crippen LogP contribution in [0.4, 0.5) is 5.69 Å². The molecule has 3 nitrogen and oxygen atoms in total. The van der Waals surface area contributed by atoms with Gasteiger partial charge in [-0.05, 0) is 41.7 Å². The van der Waals surface area contributed by atoms with E-state index in [1.54, 1.807) is 0 Å². The molecule has 3 heteroatoms. The molecule has 144 valence electrons. The monoisotopic (exact) mass is 356 g/mol. The normalized spacial score (nSPS) is 11.5. The third kappa shape index (κ3) is 6.91. The van der Waals surface area contributed by atoms with Crippen LogP contribution in [0.3, 0.4) is 0 Å². The van der Waals surface area contributed by atoms with Gasteiger partial charge >= 0.3 is 0 Å². The Hall–Kier alpha value is -2.29. The minimum absolute atomic E-state index is 0. The number of carbonyl (C=O) groups excluding carboxylic acids is 1. The van der Waals surface area contributed by atoms with Crippen LogP contribution in [0.1, 0.15) is 55.3 Å². The average molecular weight is 357 g/mol. The summed E-state index contributed by atoms with van der Waals surface area (Å²) >= 11 is 0. The second kappa shape index (κ2) is 11.3. The van der Waals surface area contributed by atoms with Gasteiger partial charge in [-0.2, -0.15) is 0 Å². The molecule has 0 aliphatic heterocycles. The summed E-state index contributed by atoms with van der Waals surface area (Å²) in [5.74, 6) is 0.426. The topological polar surface area (TPSA) is 41.1 Å². The van der Waals surface area contributed by atoms with Crippen molar-refractivity contribution < 1.29 is 6.22 Å². The van der Waals surface area contributed by atoms with Crippen LogP contribution in [0.2, 0.25) is 0 Å². The van der Waals surface area contributed by atoms with Crippen LogP contribution in [0.5, 0.6) is 0 Å². The first-order chi connectivity index (χ1) is 12.5. The molecule has 0 aliphatic carbocycles. The van der Waals surface area contributed by atoms with E-state index in [0.717, 1.165) is 36.0 Å². The van der Waals surface area contributed by atoms with E-state index in [9.17, 15) is 4.79 Å². The van der Waals surface area contributed by atoms with Gasteiger partial charge in [-0.1, -0.05) is 78.0 Å². The summed E-state index contributed by atoms with van der Waals surface area (Å²) in [6.45, 7) is 14.4. The van der Waals surface area contributed by atoms with Gasteiger partial charge in [-0.3, -0.25) is 4.79 Å². The number of nitrogens with one attached hydrogen (secondary N) is 2. The molecule has 1 amide bonds. The maximum absolute atomic E-state index is 12.7. The van der Waals surface area contributed by atoms with E-state index < -0.39 is 0 Å². The molecule has 0 fully saturated rings. The van der Waals surface area contributed by atoms with E-state index in [1.807, 2.05) is 44.2 Å². The SMILES string of the molecule is C=C(CCC)N[C@@H](CC(C)C)C(=O)Nc1ccc2ccccc2c1.CC.[HH]. The highest BCUT2D eigenvalue weighted by molar-refractivity contribution is 5.97. The molecule has 0 unspecified atom stereocenters. The number of anilines is 1. The lowest BCUT2D eigenvalue weighted by atomic mass is 10.0. The molecule has 0 aromatic heterocycles. The van der Waals surface area contributed by atoms with Gasteiger partial charge < -0.3 is 10.6 Å². The first-order valence-corrected chi connectivity index (χ1v) is 9.73. The zero-order chi connectivity index (χ0) is 19.5. The number of fused-ring (bicyclic) bond motifs is 1. The second-order valence-electron chi connectivity index (χ2n) is 6.73. The van der Waals surface area contributed by atoms with Crippen molar-refractivity contribution in [1.29, 1.82) is 0 Å². The van der Waals surface area contributed by atoms with E-state index >= 15 is 0 Å². The summed E-state index contributed by atoms with van der Waals surface area (Å²) < 4.78 is 0. The van der Waals surface area contributed by atoms with Crippen molar-refractivity contribution in [1.82, 2.24) is 5.32 Å². The fraction of sp³-hybridized carbons (Fsp3) is 0.435. The van der Waals surface area contributed by atoms with Crippen LogP contribution >= 0.6 is 0 Å². The highest BCUT2D eigenvalue weighted by atomic mass is 16.2. The first-order valence-electron chi connectivity index (χ1n) is 9.73. The zero-order valence-corrected chi connectivity index (χ0v) is 16.9. The lowest BCUT2D eigenvalue weighted by Crippen LogP contribution is -2.40. The Labute approximate surface area is 160 Å². The average Bonchev–Trinajstić information content (AvgIpc) is 2.62. The van der Waals surface area contributed by atoms with E-state index in [2.05, 4.69) is 50.1 Å². The first kappa shape index (κ1) is 21.8. The Morgan fingerprint density at radius 3 is 2.38 bits per heavy atom. The number of hydrogen-bond donors (Lipinski definition) is 2. The highest BCUT2D eigenvalue weighted by Crippen LogP contribution is 2.19. The molecule has 0 saturated heterocycles. The molecule has 0 spiro atoms. The Balaban J connectivity index is 0.00000218. The number of carbonyl (C=O) groups is 1. The fourth-order valence-electron chi connectivity index (χ4n) is 2.82. The third-order valence-electron chi connectivity index (χ3n) is 3.97. The molecular formula is C23H36N2O. The lowest BCUT2D eigenvalue weighted by molar-refractivity contribution is -0.118. The summed E-state index contributed by atoms with van der Waals surface area (Å²) in [6.07, 6.45) is 2.69. The van der Waals surface area contributed by atoms with Crippen LogP contribution in [-0.2, 0) is 4.79 Å². The molecule has 2 N–H and O–H groups in total. The molecular weight excluding hydrogens is 320 g/mol. The van der Waals surface area contributed by atoms with Crippen LogP contribution in [0.25, 0.3) is 10.8 Å². The van der Waals surface area contributed by atoms with Crippen LogP contribution in [0, 0.1) is 5.92 Å². The van der Waals surface area contributed by atoms with Gasteiger partial charge in [0.1, 0.15) is 6.04 Å². The summed E-state index contributed by atoms with van der Waals surface area (Å²) in [5.41, 5.74) is 1.76. The maximum Gasteiger partial charge on any atom is 0.246 e. The molecule has 0 aliphatic rings. The lowest BCUT2D eigenvalue weighted by Gasteiger charge is -2.22. The number of benzene rings is 2. The van der Waals surface area contributed by atoms with Gasteiger partial charge in [-0.15, -0.1) is 0 Å². The quantitative estimate of drug-likeness (QED) is 0.577. The van der Waals surface area contributed by atoms with Gasteiger partial charge in [-0.25, -0.2) is 0 Å². The van der Waals surface area contributed by atoms with Crippen molar-refractivity contribution in [2.75, 3.05) is 5.32 Å². The molecule has 1 atom stereocenters. The second-order valence-corrected chi connectivity index (χ2v) is 6.73. The number of amides is 1. The summed E-state index contributed by atoms with van der Waals surface area (Å²) in [4.78, 5) is 12.7. The number of rotatable bonds is 8. The smallest absolute Gasteiger partial charge is 0.246 e. The van der Waals surface area contributed by atoms with Gasteiger partial charge in [0.25, 0.3) is 0 Å².